The largest absolute Gasteiger partial charge is 0.481 e. The number of amides is 1. The van der Waals surface area contributed by atoms with Gasteiger partial charge in [0.25, 0.3) is 5.91 Å². The van der Waals surface area contributed by atoms with Gasteiger partial charge in [-0.05, 0) is 43.7 Å². The maximum absolute atomic E-state index is 12.1. The van der Waals surface area contributed by atoms with E-state index >= 15 is 0 Å². The number of hydrogen-bond acceptors (Lipinski definition) is 2. The summed E-state index contributed by atoms with van der Waals surface area (Å²) < 4.78 is 5.57. The molecule has 0 saturated carbocycles. The predicted octanol–water partition coefficient (Wildman–Crippen LogP) is 4.05. The Morgan fingerprint density at radius 2 is 1.85 bits per heavy atom. The normalized spacial score (nSPS) is 11.8. The van der Waals surface area contributed by atoms with Crippen molar-refractivity contribution in [3.05, 3.63) is 59.1 Å². The fourth-order valence-corrected chi connectivity index (χ4v) is 1.91. The summed E-state index contributed by atoms with van der Waals surface area (Å²) in [5.41, 5.74) is 1.54. The molecule has 2 aromatic rings. The highest BCUT2D eigenvalue weighted by atomic mass is 35.5. The number of anilines is 1. The minimum atomic E-state index is -0.587. The fourth-order valence-electron chi connectivity index (χ4n) is 1.73. The monoisotopic (exact) mass is 289 g/mol. The second-order valence-electron chi connectivity index (χ2n) is 4.47. The van der Waals surface area contributed by atoms with Crippen molar-refractivity contribution in [3.8, 4) is 5.75 Å². The number of carbonyl (C=O) groups excluding carboxylic acids is 1. The molecule has 3 nitrogen and oxygen atoms in total. The van der Waals surface area contributed by atoms with Crippen molar-refractivity contribution < 1.29 is 9.53 Å². The molecule has 0 saturated heterocycles. The maximum atomic E-state index is 12.1. The van der Waals surface area contributed by atoms with E-state index in [4.69, 9.17) is 16.3 Å². The number of para-hydroxylation sites is 1. The number of halogens is 1. The SMILES string of the molecule is Cc1c(Cl)cccc1NC(=O)C(C)Oc1ccccc1. The van der Waals surface area contributed by atoms with Crippen LogP contribution in [0.15, 0.2) is 48.5 Å². The summed E-state index contributed by atoms with van der Waals surface area (Å²) in [7, 11) is 0. The van der Waals surface area contributed by atoms with E-state index < -0.39 is 6.10 Å². The van der Waals surface area contributed by atoms with Crippen LogP contribution in [0.5, 0.6) is 5.75 Å². The minimum Gasteiger partial charge on any atom is -0.481 e. The molecule has 0 aliphatic carbocycles. The highest BCUT2D eigenvalue weighted by molar-refractivity contribution is 6.31. The minimum absolute atomic E-state index is 0.209. The third kappa shape index (κ3) is 3.52. The number of carbonyl (C=O) groups is 1. The summed E-state index contributed by atoms with van der Waals surface area (Å²) in [6, 6.07) is 14.6. The molecule has 1 atom stereocenters. The molecule has 0 bridgehead atoms. The van der Waals surface area contributed by atoms with Gasteiger partial charge in [0.05, 0.1) is 0 Å². The van der Waals surface area contributed by atoms with Gasteiger partial charge in [-0.3, -0.25) is 4.79 Å². The molecule has 0 fully saturated rings. The van der Waals surface area contributed by atoms with Crippen LogP contribution in [0, 0.1) is 6.92 Å². The smallest absolute Gasteiger partial charge is 0.265 e. The van der Waals surface area contributed by atoms with Crippen LogP contribution in [0.4, 0.5) is 5.69 Å². The van der Waals surface area contributed by atoms with Crippen molar-refractivity contribution in [3.63, 3.8) is 0 Å². The molecule has 104 valence electrons. The van der Waals surface area contributed by atoms with Gasteiger partial charge in [0.1, 0.15) is 5.75 Å². The molecule has 1 amide bonds. The Kier molecular flexibility index (Phi) is 4.64. The van der Waals surface area contributed by atoms with Crippen LogP contribution in [0.3, 0.4) is 0 Å². The topological polar surface area (TPSA) is 38.3 Å². The molecule has 1 unspecified atom stereocenters. The second kappa shape index (κ2) is 6.44. The summed E-state index contributed by atoms with van der Waals surface area (Å²) in [6.07, 6.45) is -0.587. The van der Waals surface area contributed by atoms with E-state index in [-0.39, 0.29) is 5.91 Å². The lowest BCUT2D eigenvalue weighted by Gasteiger charge is -2.16. The molecule has 0 radical (unpaired) electrons. The van der Waals surface area contributed by atoms with Gasteiger partial charge in [0.15, 0.2) is 6.10 Å². The van der Waals surface area contributed by atoms with E-state index in [0.717, 1.165) is 5.56 Å². The molecule has 0 spiro atoms. The van der Waals surface area contributed by atoms with Crippen molar-refractivity contribution >= 4 is 23.2 Å². The van der Waals surface area contributed by atoms with Crippen LogP contribution >= 0.6 is 11.6 Å². The van der Waals surface area contributed by atoms with E-state index in [9.17, 15) is 4.79 Å². The Bertz CT molecular complexity index is 599. The summed E-state index contributed by atoms with van der Waals surface area (Å²) in [5, 5.41) is 3.45. The number of hydrogen-bond donors (Lipinski definition) is 1. The lowest BCUT2D eigenvalue weighted by molar-refractivity contribution is -0.122. The van der Waals surface area contributed by atoms with Crippen LogP contribution in [-0.2, 0) is 4.79 Å². The first-order chi connectivity index (χ1) is 9.58. The van der Waals surface area contributed by atoms with E-state index in [2.05, 4.69) is 5.32 Å². The number of benzene rings is 2. The molecule has 0 aliphatic rings. The standard InChI is InChI=1S/C16H16ClNO2/c1-11-14(17)9-6-10-15(11)18-16(19)12(2)20-13-7-4-3-5-8-13/h3-10,12H,1-2H3,(H,18,19). The molecule has 0 heterocycles. The zero-order valence-electron chi connectivity index (χ0n) is 11.4. The Balaban J connectivity index is 2.03. The third-order valence-corrected chi connectivity index (χ3v) is 3.36. The highest BCUT2D eigenvalue weighted by Crippen LogP contribution is 2.23. The van der Waals surface area contributed by atoms with E-state index in [0.29, 0.717) is 16.5 Å². The number of rotatable bonds is 4. The zero-order chi connectivity index (χ0) is 14.5. The molecule has 2 aromatic carbocycles. The first-order valence-electron chi connectivity index (χ1n) is 6.35. The van der Waals surface area contributed by atoms with Crippen LogP contribution in [0.1, 0.15) is 12.5 Å². The molecule has 20 heavy (non-hydrogen) atoms. The Labute approximate surface area is 123 Å². The average molecular weight is 290 g/mol. The average Bonchev–Trinajstić information content (AvgIpc) is 2.45. The van der Waals surface area contributed by atoms with Gasteiger partial charge in [0, 0.05) is 10.7 Å². The molecule has 1 N–H and O–H groups in total. The number of nitrogens with one attached hydrogen (secondary N) is 1. The summed E-state index contributed by atoms with van der Waals surface area (Å²) in [4.78, 5) is 12.1. The van der Waals surface area contributed by atoms with Gasteiger partial charge in [-0.2, -0.15) is 0 Å². The van der Waals surface area contributed by atoms with Crippen molar-refractivity contribution in [1.82, 2.24) is 0 Å². The van der Waals surface area contributed by atoms with Crippen molar-refractivity contribution in [2.75, 3.05) is 5.32 Å². The van der Waals surface area contributed by atoms with E-state index in [1.54, 1.807) is 19.1 Å². The second-order valence-corrected chi connectivity index (χ2v) is 4.88. The summed E-state index contributed by atoms with van der Waals surface area (Å²) in [5.74, 6) is 0.456. The summed E-state index contributed by atoms with van der Waals surface area (Å²) in [6.45, 7) is 3.57. The molecule has 0 aromatic heterocycles. The Morgan fingerprint density at radius 1 is 1.15 bits per heavy atom. The Hall–Kier alpha value is -2.00. The fraction of sp³-hybridized carbons (Fsp3) is 0.188. The van der Waals surface area contributed by atoms with Crippen LogP contribution in [-0.4, -0.2) is 12.0 Å². The summed E-state index contributed by atoms with van der Waals surface area (Å²) >= 11 is 6.02. The zero-order valence-corrected chi connectivity index (χ0v) is 12.1. The van der Waals surface area contributed by atoms with Crippen molar-refractivity contribution in [1.29, 1.82) is 0 Å². The van der Waals surface area contributed by atoms with Crippen LogP contribution < -0.4 is 10.1 Å². The first-order valence-corrected chi connectivity index (χ1v) is 6.73. The number of ether oxygens (including phenoxy) is 1. The van der Waals surface area contributed by atoms with Gasteiger partial charge in [-0.15, -0.1) is 0 Å². The van der Waals surface area contributed by atoms with Crippen molar-refractivity contribution in [2.24, 2.45) is 0 Å². The maximum Gasteiger partial charge on any atom is 0.265 e. The molecular weight excluding hydrogens is 274 g/mol. The molecule has 0 aliphatic heterocycles. The predicted molar refractivity (Wildman–Crippen MR) is 81.4 cm³/mol. The van der Waals surface area contributed by atoms with Gasteiger partial charge in [-0.25, -0.2) is 0 Å². The van der Waals surface area contributed by atoms with E-state index in [1.165, 1.54) is 0 Å². The van der Waals surface area contributed by atoms with Gasteiger partial charge in [-0.1, -0.05) is 35.9 Å². The molecule has 2 rings (SSSR count). The third-order valence-electron chi connectivity index (χ3n) is 2.95. The van der Waals surface area contributed by atoms with Gasteiger partial charge in [0.2, 0.25) is 0 Å². The van der Waals surface area contributed by atoms with Gasteiger partial charge < -0.3 is 10.1 Å². The van der Waals surface area contributed by atoms with Crippen LogP contribution in [0.2, 0.25) is 5.02 Å². The van der Waals surface area contributed by atoms with E-state index in [1.807, 2.05) is 43.3 Å². The highest BCUT2D eigenvalue weighted by Gasteiger charge is 2.16. The lowest BCUT2D eigenvalue weighted by Crippen LogP contribution is -2.30. The molecular formula is C16H16ClNO2. The van der Waals surface area contributed by atoms with Crippen molar-refractivity contribution in [2.45, 2.75) is 20.0 Å². The van der Waals surface area contributed by atoms with Crippen LogP contribution in [0.25, 0.3) is 0 Å². The quantitative estimate of drug-likeness (QED) is 0.922. The van der Waals surface area contributed by atoms with Gasteiger partial charge >= 0.3 is 0 Å². The Morgan fingerprint density at radius 3 is 2.55 bits per heavy atom. The first kappa shape index (κ1) is 14.4. The molecule has 4 heteroatoms. The lowest BCUT2D eigenvalue weighted by atomic mass is 10.2.